The average Bonchev–Trinajstić information content (AvgIpc) is 3.27. The second-order valence-electron chi connectivity index (χ2n) is 19.3. The van der Waals surface area contributed by atoms with Crippen LogP contribution in [0.2, 0.25) is 0 Å². The van der Waals surface area contributed by atoms with Crippen LogP contribution in [0.4, 0.5) is 0 Å². The molecule has 10 heteroatoms. The number of phosphoric acid groups is 1. The number of esters is 2. The topological polar surface area (TPSA) is 108 Å². The summed E-state index contributed by atoms with van der Waals surface area (Å²) in [6, 6.07) is 0. The van der Waals surface area contributed by atoms with Crippen molar-refractivity contribution in [3.8, 4) is 0 Å². The molecule has 0 heterocycles. The van der Waals surface area contributed by atoms with E-state index in [0.29, 0.717) is 17.4 Å². The lowest BCUT2D eigenvalue weighted by Crippen LogP contribution is -2.37. The number of unbranched alkanes of at least 4 members (excludes halogenated alkanes) is 25. The Bertz CT molecular complexity index is 1300. The lowest BCUT2D eigenvalue weighted by Gasteiger charge is -2.24. The Balaban J connectivity index is 4.24. The minimum absolute atomic E-state index is 0.0267. The number of nitrogens with zero attached hydrogens (tertiary/aromatic N) is 1. The van der Waals surface area contributed by atoms with Crippen molar-refractivity contribution in [3.05, 3.63) is 60.8 Å². The molecule has 2 unspecified atom stereocenters. The van der Waals surface area contributed by atoms with Crippen molar-refractivity contribution in [2.75, 3.05) is 47.5 Å². The van der Waals surface area contributed by atoms with Crippen molar-refractivity contribution in [1.82, 2.24) is 0 Å². The highest BCUT2D eigenvalue weighted by Gasteiger charge is 2.27. The number of carbonyl (C=O) groups is 2. The van der Waals surface area contributed by atoms with Crippen LogP contribution in [0, 0.1) is 0 Å². The number of carbonyl (C=O) groups excluding carboxylic acids is 2. The highest BCUT2D eigenvalue weighted by Crippen LogP contribution is 2.43. The zero-order valence-corrected chi connectivity index (χ0v) is 44.3. The van der Waals surface area contributed by atoms with E-state index >= 15 is 0 Å². The fraction of sp³-hybridized carbons (Fsp3) is 0.786. The number of allylic oxidation sites excluding steroid dienone is 10. The molecule has 384 valence electrons. The molecule has 9 nitrogen and oxygen atoms in total. The van der Waals surface area contributed by atoms with Gasteiger partial charge in [0, 0.05) is 12.8 Å². The molecule has 0 radical (unpaired) electrons. The number of phosphoric ester groups is 1. The van der Waals surface area contributed by atoms with Gasteiger partial charge in [-0.1, -0.05) is 197 Å². The molecule has 0 fully saturated rings. The maximum Gasteiger partial charge on any atom is 0.472 e. The lowest BCUT2D eigenvalue weighted by atomic mass is 10.0. The molecule has 0 aromatic heterocycles. The Morgan fingerprint density at radius 3 is 1.24 bits per heavy atom. The van der Waals surface area contributed by atoms with Crippen molar-refractivity contribution in [2.24, 2.45) is 0 Å². The summed E-state index contributed by atoms with van der Waals surface area (Å²) < 4.78 is 34.5. The first-order valence-electron chi connectivity index (χ1n) is 27.0. The molecule has 0 rings (SSSR count). The summed E-state index contributed by atoms with van der Waals surface area (Å²) in [6.45, 7) is 4.39. The summed E-state index contributed by atoms with van der Waals surface area (Å²) in [5, 5.41) is 0. The number of hydrogen-bond donors (Lipinski definition) is 1. The van der Waals surface area contributed by atoms with Gasteiger partial charge in [0.1, 0.15) is 19.8 Å². The van der Waals surface area contributed by atoms with Crippen LogP contribution < -0.4 is 0 Å². The minimum atomic E-state index is -4.39. The number of hydrogen-bond acceptors (Lipinski definition) is 7. The fourth-order valence-electron chi connectivity index (χ4n) is 7.29. The fourth-order valence-corrected chi connectivity index (χ4v) is 8.03. The Hall–Kier alpha value is -2.29. The van der Waals surface area contributed by atoms with E-state index in [1.807, 2.05) is 21.1 Å². The van der Waals surface area contributed by atoms with Gasteiger partial charge in [0.2, 0.25) is 0 Å². The van der Waals surface area contributed by atoms with Gasteiger partial charge in [-0.25, -0.2) is 4.57 Å². The van der Waals surface area contributed by atoms with Crippen LogP contribution in [-0.2, 0) is 32.7 Å². The molecule has 0 aromatic carbocycles. The van der Waals surface area contributed by atoms with Gasteiger partial charge in [-0.05, 0) is 83.5 Å². The van der Waals surface area contributed by atoms with Gasteiger partial charge in [0.25, 0.3) is 0 Å². The monoisotopic (exact) mass is 949 g/mol. The smallest absolute Gasteiger partial charge is 0.462 e. The van der Waals surface area contributed by atoms with Gasteiger partial charge >= 0.3 is 19.8 Å². The second-order valence-corrected chi connectivity index (χ2v) is 20.7. The van der Waals surface area contributed by atoms with E-state index in [9.17, 15) is 19.0 Å². The summed E-state index contributed by atoms with van der Waals surface area (Å²) >= 11 is 0. The Morgan fingerprint density at radius 1 is 0.470 bits per heavy atom. The maximum atomic E-state index is 12.8. The van der Waals surface area contributed by atoms with Crippen LogP contribution >= 0.6 is 7.82 Å². The molecule has 0 aromatic rings. The van der Waals surface area contributed by atoms with Gasteiger partial charge < -0.3 is 18.9 Å². The first kappa shape index (κ1) is 63.7. The van der Waals surface area contributed by atoms with E-state index in [2.05, 4.69) is 74.6 Å². The van der Waals surface area contributed by atoms with E-state index in [4.69, 9.17) is 18.5 Å². The van der Waals surface area contributed by atoms with Crippen LogP contribution in [0.1, 0.15) is 232 Å². The quantitative estimate of drug-likeness (QED) is 0.0211. The van der Waals surface area contributed by atoms with Crippen molar-refractivity contribution in [2.45, 2.75) is 238 Å². The van der Waals surface area contributed by atoms with Gasteiger partial charge in [0.15, 0.2) is 6.10 Å². The molecule has 0 bridgehead atoms. The Kier molecular flexibility index (Phi) is 46.1. The van der Waals surface area contributed by atoms with Crippen LogP contribution in [0.25, 0.3) is 0 Å². The molecule has 0 amide bonds. The van der Waals surface area contributed by atoms with Crippen molar-refractivity contribution in [3.63, 3.8) is 0 Å². The highest BCUT2D eigenvalue weighted by molar-refractivity contribution is 7.47. The molecule has 0 aliphatic heterocycles. The van der Waals surface area contributed by atoms with Crippen molar-refractivity contribution < 1.29 is 42.1 Å². The van der Waals surface area contributed by atoms with Crippen molar-refractivity contribution >= 4 is 19.8 Å². The largest absolute Gasteiger partial charge is 0.472 e. The Labute approximate surface area is 406 Å². The summed E-state index contributed by atoms with van der Waals surface area (Å²) in [5.41, 5.74) is 0. The molecule has 0 aliphatic carbocycles. The maximum absolute atomic E-state index is 12.8. The van der Waals surface area contributed by atoms with Crippen LogP contribution in [0.3, 0.4) is 0 Å². The number of quaternary nitrogens is 1. The highest BCUT2D eigenvalue weighted by atomic mass is 31.2. The van der Waals surface area contributed by atoms with Crippen LogP contribution in [0.15, 0.2) is 60.8 Å². The average molecular weight is 949 g/mol. The predicted octanol–water partition coefficient (Wildman–Crippen LogP) is 16.4. The zero-order chi connectivity index (χ0) is 48.5. The molecule has 0 saturated heterocycles. The van der Waals surface area contributed by atoms with E-state index in [0.717, 1.165) is 77.0 Å². The van der Waals surface area contributed by atoms with Gasteiger partial charge in [-0.3, -0.25) is 18.6 Å². The second kappa shape index (κ2) is 47.8. The number of rotatable bonds is 49. The lowest BCUT2D eigenvalue weighted by molar-refractivity contribution is -0.870. The molecule has 0 spiro atoms. The third-order valence-corrected chi connectivity index (χ3v) is 12.5. The molecule has 1 N–H and O–H groups in total. The Morgan fingerprint density at radius 2 is 0.818 bits per heavy atom. The van der Waals surface area contributed by atoms with Gasteiger partial charge in [-0.15, -0.1) is 0 Å². The van der Waals surface area contributed by atoms with E-state index in [1.54, 1.807) is 0 Å². The van der Waals surface area contributed by atoms with E-state index in [1.165, 1.54) is 122 Å². The third-order valence-electron chi connectivity index (χ3n) is 11.5. The predicted molar refractivity (Wildman–Crippen MR) is 279 cm³/mol. The number of likely N-dealkylation sites (N-methyl/N-ethyl adjacent to an activating group) is 1. The molecule has 66 heavy (non-hydrogen) atoms. The van der Waals surface area contributed by atoms with E-state index < -0.39 is 26.5 Å². The molecule has 2 atom stereocenters. The minimum Gasteiger partial charge on any atom is -0.462 e. The first-order chi connectivity index (χ1) is 32.0. The molecular weight excluding hydrogens is 846 g/mol. The summed E-state index contributed by atoms with van der Waals surface area (Å²) in [7, 11) is 1.46. The summed E-state index contributed by atoms with van der Waals surface area (Å²) in [4.78, 5) is 35.6. The SMILES string of the molecule is CCCCC/C=C\C/C=C\C/C=C\CCCCCCCCC(=O)OC(COC(=O)CCCCCCCCCCCCC/C=C\C/C=C\CCCCCCC)COP(=O)(O)OCC[N+](C)(C)C. The van der Waals surface area contributed by atoms with Gasteiger partial charge in [0.05, 0.1) is 27.7 Å². The normalized spacial score (nSPS) is 13.8. The molecular formula is C56H103NO8P+. The third kappa shape index (κ3) is 51.1. The summed E-state index contributed by atoms with van der Waals surface area (Å²) in [5.74, 6) is -0.812. The molecule has 0 saturated carbocycles. The van der Waals surface area contributed by atoms with Crippen molar-refractivity contribution in [1.29, 1.82) is 0 Å². The van der Waals surface area contributed by atoms with Crippen LogP contribution in [0.5, 0.6) is 0 Å². The first-order valence-corrected chi connectivity index (χ1v) is 28.5. The summed E-state index contributed by atoms with van der Waals surface area (Å²) in [6.07, 6.45) is 59.8. The van der Waals surface area contributed by atoms with E-state index in [-0.39, 0.29) is 32.0 Å². The standard InChI is InChI=1S/C56H102NO8P/c1-6-8-10-12-14-16-18-20-22-24-26-27-28-29-31-32-34-36-38-40-42-44-46-48-55(58)62-52-54(53-64-66(60,61)63-51-50-57(3,4)5)65-56(59)49-47-45-43-41-39-37-35-33-30-25-23-21-19-17-15-13-11-9-7-2/h15,17-18,20-21,23-24,26,30,33,54H,6-14,16,19,22,25,27-29,31-32,34-53H2,1-5H3/p+1/b17-15-,20-18-,23-21-,26-24-,33-30-. The number of ether oxygens (including phenoxy) is 2. The zero-order valence-electron chi connectivity index (χ0n) is 43.4. The molecule has 0 aliphatic rings. The van der Waals surface area contributed by atoms with Gasteiger partial charge in [-0.2, -0.15) is 0 Å². The van der Waals surface area contributed by atoms with Crippen LogP contribution in [-0.4, -0.2) is 74.9 Å².